The van der Waals surface area contributed by atoms with Crippen LogP contribution < -0.4 is 0 Å². The third-order valence-corrected chi connectivity index (χ3v) is 13.9. The van der Waals surface area contributed by atoms with Crippen LogP contribution in [-0.2, 0) is 0 Å². The van der Waals surface area contributed by atoms with Gasteiger partial charge < -0.3 is 4.57 Å². The Morgan fingerprint density at radius 3 is 1.08 bits per heavy atom. The topological polar surface area (TPSA) is 87.2 Å². The summed E-state index contributed by atoms with van der Waals surface area (Å²) in [5, 5.41) is 4.45. The Bertz CT molecular complexity index is 4320. The average molecular weight is 947 g/mol. The third kappa shape index (κ3) is 7.48. The molecule has 8 heteroatoms. The summed E-state index contributed by atoms with van der Waals surface area (Å²) < 4.78 is 4.60. The predicted molar refractivity (Wildman–Crippen MR) is 300 cm³/mol. The molecule has 0 amide bonds. The fourth-order valence-corrected chi connectivity index (χ4v) is 10.3. The highest BCUT2D eigenvalue weighted by Gasteiger charge is 2.24. The van der Waals surface area contributed by atoms with Gasteiger partial charge in [0.1, 0.15) is 0 Å². The van der Waals surface area contributed by atoms with Crippen LogP contribution in [-0.4, -0.2) is 39.0 Å². The summed E-state index contributed by atoms with van der Waals surface area (Å²) >= 11 is 0. The van der Waals surface area contributed by atoms with Gasteiger partial charge in [0.2, 0.25) is 5.95 Å². The number of benzene rings is 10. The summed E-state index contributed by atoms with van der Waals surface area (Å²) in [6.45, 7) is 0. The van der Waals surface area contributed by atoms with Crippen molar-refractivity contribution in [3.8, 4) is 90.8 Å². The van der Waals surface area contributed by atoms with Crippen molar-refractivity contribution in [2.24, 2.45) is 0 Å². The summed E-state index contributed by atoms with van der Waals surface area (Å²) in [5.41, 5.74) is 14.1. The molecular weight excluding hydrogens is 905 g/mol. The van der Waals surface area contributed by atoms with Crippen molar-refractivity contribution in [1.82, 2.24) is 39.0 Å². The highest BCUT2D eigenvalue weighted by molar-refractivity contribution is 6.23. The van der Waals surface area contributed by atoms with E-state index in [-0.39, 0.29) is 0 Å². The molecule has 0 aliphatic heterocycles. The fraction of sp³-hybridized carbons (Fsp3) is 0. The van der Waals surface area contributed by atoms with Gasteiger partial charge in [-0.05, 0) is 64.7 Å². The lowest BCUT2D eigenvalue weighted by Gasteiger charge is -2.14. The number of hydrogen-bond donors (Lipinski definition) is 0. The highest BCUT2D eigenvalue weighted by Crippen LogP contribution is 2.42. The molecule has 14 aromatic rings. The summed E-state index contributed by atoms with van der Waals surface area (Å²) in [7, 11) is 0. The Morgan fingerprint density at radius 1 is 0.216 bits per heavy atom. The van der Waals surface area contributed by atoms with Crippen LogP contribution in [0.2, 0.25) is 0 Å². The zero-order chi connectivity index (χ0) is 49.0. The van der Waals surface area contributed by atoms with Gasteiger partial charge >= 0.3 is 0 Å². The van der Waals surface area contributed by atoms with Crippen LogP contribution in [0.25, 0.3) is 134 Å². The fourth-order valence-electron chi connectivity index (χ4n) is 10.3. The Labute approximate surface area is 426 Å². The maximum absolute atomic E-state index is 5.29. The molecule has 0 saturated heterocycles. The number of nitrogens with zero attached hydrogens (tertiary/aromatic N) is 8. The largest absolute Gasteiger partial charge is 0.307 e. The Morgan fingerprint density at radius 2 is 0.554 bits per heavy atom. The van der Waals surface area contributed by atoms with Gasteiger partial charge in [0.25, 0.3) is 0 Å². The second-order valence-electron chi connectivity index (χ2n) is 18.3. The SMILES string of the molecule is c1ccc(-c2ccc(-c3nc(-c4ccc(-n5c6ccccc6c6ccc7c8ccccc8n(-c8nc(-c9ccccc9)nc(-c9ccccc9)n8)c7c65)cc4)nc(-c4cccc(-c5ccccc5)c4)n3)cc2)cc1. The lowest BCUT2D eigenvalue weighted by atomic mass is 10.0. The van der Waals surface area contributed by atoms with Gasteiger partial charge in [-0.15, -0.1) is 0 Å². The molecule has 0 unspecified atom stereocenters. The van der Waals surface area contributed by atoms with Gasteiger partial charge in [0.05, 0.1) is 22.1 Å². The monoisotopic (exact) mass is 946 g/mol. The Balaban J connectivity index is 0.954. The predicted octanol–water partition coefficient (Wildman–Crippen LogP) is 15.9. The minimum atomic E-state index is 0.536. The van der Waals surface area contributed by atoms with E-state index in [1.165, 1.54) is 0 Å². The van der Waals surface area contributed by atoms with Crippen LogP contribution in [0.3, 0.4) is 0 Å². The number of aromatic nitrogens is 8. The van der Waals surface area contributed by atoms with Crippen molar-refractivity contribution in [2.45, 2.75) is 0 Å². The van der Waals surface area contributed by atoms with E-state index in [0.29, 0.717) is 35.1 Å². The number of fused-ring (bicyclic) bond motifs is 7. The van der Waals surface area contributed by atoms with Crippen molar-refractivity contribution in [1.29, 1.82) is 0 Å². The molecule has 0 fully saturated rings. The second-order valence-corrected chi connectivity index (χ2v) is 18.3. The quantitative estimate of drug-likeness (QED) is 0.143. The van der Waals surface area contributed by atoms with Crippen LogP contribution in [0.5, 0.6) is 0 Å². The molecule has 0 spiro atoms. The van der Waals surface area contributed by atoms with Crippen molar-refractivity contribution in [3.63, 3.8) is 0 Å². The molecular formula is C66H42N8. The summed E-state index contributed by atoms with van der Waals surface area (Å²) in [4.78, 5) is 31.2. The van der Waals surface area contributed by atoms with E-state index in [4.69, 9.17) is 29.9 Å². The number of hydrogen-bond acceptors (Lipinski definition) is 6. The van der Waals surface area contributed by atoms with Gasteiger partial charge in [-0.25, -0.2) is 19.9 Å². The van der Waals surface area contributed by atoms with Crippen LogP contribution in [0.15, 0.2) is 255 Å². The van der Waals surface area contributed by atoms with Crippen molar-refractivity contribution < 1.29 is 0 Å². The first-order valence-corrected chi connectivity index (χ1v) is 24.7. The van der Waals surface area contributed by atoms with Crippen molar-refractivity contribution >= 4 is 43.6 Å². The van der Waals surface area contributed by atoms with Crippen molar-refractivity contribution in [3.05, 3.63) is 255 Å². The van der Waals surface area contributed by atoms with Crippen LogP contribution in [0.4, 0.5) is 0 Å². The van der Waals surface area contributed by atoms with Crippen LogP contribution in [0, 0.1) is 0 Å². The molecule has 8 nitrogen and oxygen atoms in total. The second kappa shape index (κ2) is 17.9. The molecule has 0 radical (unpaired) electrons. The zero-order valence-electron chi connectivity index (χ0n) is 39.8. The lowest BCUT2D eigenvalue weighted by Crippen LogP contribution is -2.07. The molecule has 0 saturated carbocycles. The van der Waals surface area contributed by atoms with Gasteiger partial charge in [-0.2, -0.15) is 9.97 Å². The first kappa shape index (κ1) is 42.7. The smallest absolute Gasteiger partial charge is 0.238 e. The molecule has 0 aliphatic carbocycles. The zero-order valence-corrected chi connectivity index (χ0v) is 39.8. The minimum absolute atomic E-state index is 0.536. The highest BCUT2D eigenvalue weighted by atomic mass is 15.2. The summed E-state index contributed by atoms with van der Waals surface area (Å²) in [5.74, 6) is 3.51. The molecule has 10 aromatic carbocycles. The lowest BCUT2D eigenvalue weighted by molar-refractivity contribution is 0.953. The molecule has 4 aromatic heterocycles. The number of para-hydroxylation sites is 2. The molecule has 0 N–H and O–H groups in total. The van der Waals surface area contributed by atoms with Crippen LogP contribution in [0.1, 0.15) is 0 Å². The van der Waals surface area contributed by atoms with E-state index in [1.54, 1.807) is 0 Å². The van der Waals surface area contributed by atoms with E-state index in [1.807, 2.05) is 72.8 Å². The summed E-state index contributed by atoms with van der Waals surface area (Å²) in [6, 6.07) is 88.2. The molecule has 0 atom stereocenters. The standard InChI is InChI=1S/C66H42N8/c1-5-18-43(19-6-1)45-32-34-48(35-33-45)61-67-62(69-65(68-61)51-27-17-26-50(42-51)44-20-7-2-8-21-44)49-36-38-52(39-37-49)73-57-30-15-13-28-53(57)55-40-41-56-54-29-14-16-31-58(54)74(60(56)59(55)73)66-71-63(46-22-9-3-10-23-46)70-64(72-66)47-24-11-4-12-25-47/h1-42H. The molecule has 74 heavy (non-hydrogen) atoms. The van der Waals surface area contributed by atoms with Crippen molar-refractivity contribution in [2.75, 3.05) is 0 Å². The molecule has 0 bridgehead atoms. The minimum Gasteiger partial charge on any atom is -0.307 e. The van der Waals surface area contributed by atoms with E-state index in [9.17, 15) is 0 Å². The maximum atomic E-state index is 5.29. The Kier molecular flexibility index (Phi) is 10.3. The number of rotatable bonds is 9. The first-order chi connectivity index (χ1) is 36.7. The van der Waals surface area contributed by atoms with E-state index >= 15 is 0 Å². The Hall–Kier alpha value is -10.2. The van der Waals surface area contributed by atoms with Crippen LogP contribution >= 0.6 is 0 Å². The average Bonchev–Trinajstić information content (AvgIpc) is 4.07. The third-order valence-electron chi connectivity index (χ3n) is 13.9. The van der Waals surface area contributed by atoms with Gasteiger partial charge in [-0.1, -0.05) is 212 Å². The normalized spacial score (nSPS) is 11.5. The van der Waals surface area contributed by atoms with Gasteiger partial charge in [-0.3, -0.25) is 4.57 Å². The molecule has 346 valence electrons. The molecule has 14 rings (SSSR count). The van der Waals surface area contributed by atoms with Gasteiger partial charge in [0.15, 0.2) is 29.1 Å². The van der Waals surface area contributed by atoms with Gasteiger partial charge in [0, 0.05) is 55.0 Å². The summed E-state index contributed by atoms with van der Waals surface area (Å²) in [6.07, 6.45) is 0. The molecule has 4 heterocycles. The molecule has 0 aliphatic rings. The first-order valence-electron chi connectivity index (χ1n) is 24.7. The van der Waals surface area contributed by atoms with E-state index in [2.05, 4.69) is 191 Å². The van der Waals surface area contributed by atoms with E-state index < -0.39 is 0 Å². The maximum Gasteiger partial charge on any atom is 0.238 e. The van der Waals surface area contributed by atoms with E-state index in [0.717, 1.165) is 99.4 Å².